The maximum atomic E-state index is 12.7. The molecule has 0 aromatic heterocycles. The maximum absolute atomic E-state index is 12.7. The zero-order valence-electron chi connectivity index (χ0n) is 14.4. The quantitative estimate of drug-likeness (QED) is 0.739. The average molecular weight is 363 g/mol. The lowest BCUT2D eigenvalue weighted by Crippen LogP contribution is -2.48. The Bertz CT molecular complexity index is 777. The van der Waals surface area contributed by atoms with Gasteiger partial charge in [0.15, 0.2) is 0 Å². The highest BCUT2D eigenvalue weighted by Crippen LogP contribution is 2.27. The van der Waals surface area contributed by atoms with Crippen molar-refractivity contribution in [3.8, 4) is 0 Å². The molecule has 2 heterocycles. The van der Waals surface area contributed by atoms with Gasteiger partial charge < -0.3 is 10.6 Å². The molecule has 136 valence electrons. The number of fused-ring (bicyclic) bond motifs is 2. The van der Waals surface area contributed by atoms with Crippen LogP contribution in [-0.2, 0) is 10.0 Å². The van der Waals surface area contributed by atoms with E-state index in [1.807, 2.05) is 6.92 Å². The first kappa shape index (κ1) is 17.0. The number of carbonyl (C=O) groups is 1. The smallest absolute Gasteiger partial charge is 0.251 e. The molecule has 1 amide bonds. The normalized spacial score (nSPS) is 28.8. The average Bonchev–Trinajstić information content (AvgIpc) is 3.29. The zero-order valence-corrected chi connectivity index (χ0v) is 15.2. The number of benzene rings is 1. The molecule has 3 fully saturated rings. The van der Waals surface area contributed by atoms with E-state index in [4.69, 9.17) is 0 Å². The minimum absolute atomic E-state index is 0.0498. The first-order valence-corrected chi connectivity index (χ1v) is 10.6. The van der Waals surface area contributed by atoms with Crippen LogP contribution in [-0.4, -0.2) is 38.5 Å². The second-order valence-corrected chi connectivity index (χ2v) is 9.37. The third-order valence-electron chi connectivity index (χ3n) is 5.47. The maximum Gasteiger partial charge on any atom is 0.251 e. The predicted molar refractivity (Wildman–Crippen MR) is 95.0 cm³/mol. The van der Waals surface area contributed by atoms with Crippen LogP contribution >= 0.6 is 0 Å². The highest BCUT2D eigenvalue weighted by molar-refractivity contribution is 7.89. The third-order valence-corrected chi connectivity index (χ3v) is 6.99. The van der Waals surface area contributed by atoms with Crippen LogP contribution in [0.2, 0.25) is 0 Å². The number of rotatable bonds is 5. The second kappa shape index (κ2) is 6.37. The van der Waals surface area contributed by atoms with Crippen molar-refractivity contribution in [1.29, 1.82) is 0 Å². The molecule has 3 N–H and O–H groups in total. The molecule has 2 unspecified atom stereocenters. The highest BCUT2D eigenvalue weighted by Gasteiger charge is 2.34. The van der Waals surface area contributed by atoms with Gasteiger partial charge in [0.1, 0.15) is 0 Å². The molecule has 0 spiro atoms. The van der Waals surface area contributed by atoms with Gasteiger partial charge in [0, 0.05) is 29.7 Å². The number of amides is 1. The summed E-state index contributed by atoms with van der Waals surface area (Å²) in [7, 11) is -3.55. The van der Waals surface area contributed by atoms with Gasteiger partial charge in [-0.05, 0) is 63.1 Å². The van der Waals surface area contributed by atoms with Crippen molar-refractivity contribution < 1.29 is 13.2 Å². The van der Waals surface area contributed by atoms with Crippen LogP contribution in [0.5, 0.6) is 0 Å². The van der Waals surface area contributed by atoms with Crippen molar-refractivity contribution in [3.63, 3.8) is 0 Å². The number of hydrogen-bond acceptors (Lipinski definition) is 4. The molecule has 2 atom stereocenters. The molecule has 1 aliphatic carbocycles. The monoisotopic (exact) mass is 363 g/mol. The van der Waals surface area contributed by atoms with Gasteiger partial charge in [-0.25, -0.2) is 13.1 Å². The number of aryl methyl sites for hydroxylation is 1. The lowest BCUT2D eigenvalue weighted by molar-refractivity contribution is 0.0923. The number of nitrogens with one attached hydrogen (secondary N) is 3. The predicted octanol–water partition coefficient (Wildman–Crippen LogP) is 1.45. The van der Waals surface area contributed by atoms with Gasteiger partial charge in [-0.1, -0.05) is 6.07 Å². The molecule has 2 saturated heterocycles. The Morgan fingerprint density at radius 3 is 2.40 bits per heavy atom. The Balaban J connectivity index is 1.50. The summed E-state index contributed by atoms with van der Waals surface area (Å²) in [6.45, 7) is 1.84. The standard InChI is InChI=1S/C18H25N3O3S/c1-11-2-7-16(25(23,24)21-12-3-4-12)10-17(11)18(22)20-15-8-13-5-6-14(9-15)19-13/h2,7,10,12-15,19,21H,3-6,8-9H2,1H3,(H,20,22). The second-order valence-electron chi connectivity index (χ2n) is 7.65. The summed E-state index contributed by atoms with van der Waals surface area (Å²) in [6, 6.07) is 6.00. The fourth-order valence-electron chi connectivity index (χ4n) is 3.94. The molecule has 1 aromatic carbocycles. The molecular formula is C18H25N3O3S. The Morgan fingerprint density at radius 2 is 1.76 bits per heavy atom. The molecule has 1 aromatic rings. The van der Waals surface area contributed by atoms with Gasteiger partial charge in [0.05, 0.1) is 4.90 Å². The summed E-state index contributed by atoms with van der Waals surface area (Å²) in [5, 5.41) is 6.67. The van der Waals surface area contributed by atoms with E-state index >= 15 is 0 Å². The Morgan fingerprint density at radius 1 is 1.08 bits per heavy atom. The van der Waals surface area contributed by atoms with E-state index in [1.54, 1.807) is 12.1 Å². The van der Waals surface area contributed by atoms with Crippen molar-refractivity contribution in [2.75, 3.05) is 0 Å². The summed E-state index contributed by atoms with van der Waals surface area (Å²) < 4.78 is 27.5. The van der Waals surface area contributed by atoms with Crippen LogP contribution < -0.4 is 15.4 Å². The number of carbonyl (C=O) groups excluding carboxylic acids is 1. The number of hydrogen-bond donors (Lipinski definition) is 3. The van der Waals surface area contributed by atoms with Gasteiger partial charge in [0.25, 0.3) is 5.91 Å². The molecule has 2 aliphatic heterocycles. The van der Waals surface area contributed by atoms with Crippen molar-refractivity contribution in [2.24, 2.45) is 0 Å². The van der Waals surface area contributed by atoms with E-state index in [1.165, 1.54) is 18.9 Å². The van der Waals surface area contributed by atoms with Gasteiger partial charge in [-0.15, -0.1) is 0 Å². The summed E-state index contributed by atoms with van der Waals surface area (Å²) in [5.74, 6) is -0.174. The first-order chi connectivity index (χ1) is 11.9. The summed E-state index contributed by atoms with van der Waals surface area (Å²) in [5.41, 5.74) is 1.24. The molecule has 7 heteroatoms. The number of sulfonamides is 1. The molecule has 1 saturated carbocycles. The minimum atomic E-state index is -3.55. The van der Waals surface area contributed by atoms with Crippen LogP contribution in [0.25, 0.3) is 0 Å². The van der Waals surface area contributed by atoms with Gasteiger partial charge in [-0.3, -0.25) is 4.79 Å². The van der Waals surface area contributed by atoms with E-state index in [0.29, 0.717) is 17.6 Å². The van der Waals surface area contributed by atoms with Gasteiger partial charge in [-0.2, -0.15) is 0 Å². The van der Waals surface area contributed by atoms with Crippen LogP contribution in [0.1, 0.15) is 54.4 Å². The first-order valence-electron chi connectivity index (χ1n) is 9.10. The van der Waals surface area contributed by atoms with Crippen LogP contribution in [0.15, 0.2) is 23.1 Å². The molecule has 6 nitrogen and oxygen atoms in total. The van der Waals surface area contributed by atoms with Crippen LogP contribution in [0.3, 0.4) is 0 Å². The molecular weight excluding hydrogens is 338 g/mol. The van der Waals surface area contributed by atoms with E-state index in [-0.39, 0.29) is 22.9 Å². The van der Waals surface area contributed by atoms with Crippen LogP contribution in [0, 0.1) is 6.92 Å². The number of piperidine rings is 1. The Kier molecular flexibility index (Phi) is 4.33. The molecule has 0 radical (unpaired) electrons. The third kappa shape index (κ3) is 3.73. The summed E-state index contributed by atoms with van der Waals surface area (Å²) in [4.78, 5) is 12.9. The Labute approximate surface area is 148 Å². The topological polar surface area (TPSA) is 87.3 Å². The van der Waals surface area contributed by atoms with Crippen molar-refractivity contribution in [3.05, 3.63) is 29.3 Å². The van der Waals surface area contributed by atoms with E-state index in [2.05, 4.69) is 15.4 Å². The lowest BCUT2D eigenvalue weighted by Gasteiger charge is -2.29. The van der Waals surface area contributed by atoms with Crippen LogP contribution in [0.4, 0.5) is 0 Å². The van der Waals surface area contributed by atoms with Gasteiger partial charge in [0.2, 0.25) is 10.0 Å². The summed E-state index contributed by atoms with van der Waals surface area (Å²) >= 11 is 0. The molecule has 4 rings (SSSR count). The molecule has 3 aliphatic rings. The molecule has 2 bridgehead atoms. The molecule has 25 heavy (non-hydrogen) atoms. The SMILES string of the molecule is Cc1ccc(S(=O)(=O)NC2CC2)cc1C(=O)NC1CC2CCC(C1)N2. The van der Waals surface area contributed by atoms with Crippen molar-refractivity contribution in [1.82, 2.24) is 15.4 Å². The largest absolute Gasteiger partial charge is 0.349 e. The Hall–Kier alpha value is -1.44. The minimum Gasteiger partial charge on any atom is -0.349 e. The zero-order chi connectivity index (χ0) is 17.6. The van der Waals surface area contributed by atoms with Crippen molar-refractivity contribution >= 4 is 15.9 Å². The highest BCUT2D eigenvalue weighted by atomic mass is 32.2. The lowest BCUT2D eigenvalue weighted by atomic mass is 9.99. The van der Waals surface area contributed by atoms with E-state index in [0.717, 1.165) is 31.2 Å². The van der Waals surface area contributed by atoms with E-state index in [9.17, 15) is 13.2 Å². The van der Waals surface area contributed by atoms with Crippen molar-refractivity contribution in [2.45, 2.75) is 74.5 Å². The van der Waals surface area contributed by atoms with Gasteiger partial charge >= 0.3 is 0 Å². The van der Waals surface area contributed by atoms with E-state index < -0.39 is 10.0 Å². The fourth-order valence-corrected chi connectivity index (χ4v) is 5.27. The summed E-state index contributed by atoms with van der Waals surface area (Å²) in [6.07, 6.45) is 6.02. The fraction of sp³-hybridized carbons (Fsp3) is 0.611.